The molecule has 0 saturated carbocycles. The lowest BCUT2D eigenvalue weighted by Crippen LogP contribution is -2.02. The Labute approximate surface area is 61.5 Å². The van der Waals surface area contributed by atoms with E-state index in [-0.39, 0.29) is 5.82 Å². The minimum Gasteiger partial charge on any atom is -0.489 e. The van der Waals surface area contributed by atoms with Crippen LogP contribution in [0.2, 0.25) is 0 Å². The first-order chi connectivity index (χ1) is 5.11. The van der Waals surface area contributed by atoms with Crippen molar-refractivity contribution in [2.24, 2.45) is 0 Å². The molecule has 6 nitrogen and oxygen atoms in total. The third kappa shape index (κ3) is 1.40. The van der Waals surface area contributed by atoms with Crippen LogP contribution in [0, 0.1) is 0 Å². The molecule has 1 aromatic rings. The lowest BCUT2D eigenvalue weighted by Gasteiger charge is -1.94. The number of ketones is 1. The smallest absolute Gasteiger partial charge is 0.294 e. The van der Waals surface area contributed by atoms with Crippen molar-refractivity contribution in [2.45, 2.75) is 6.92 Å². The van der Waals surface area contributed by atoms with Crippen LogP contribution < -0.4 is 0 Å². The van der Waals surface area contributed by atoms with Gasteiger partial charge in [0.05, 0.1) is 0 Å². The van der Waals surface area contributed by atoms with E-state index < -0.39 is 17.5 Å². The summed E-state index contributed by atoms with van der Waals surface area (Å²) in [7, 11) is 0. The van der Waals surface area contributed by atoms with Crippen LogP contribution in [0.3, 0.4) is 0 Å². The molecule has 0 saturated heterocycles. The number of aromatic nitrogens is 3. The molecule has 0 spiro atoms. The highest BCUT2D eigenvalue weighted by molar-refractivity contribution is 5.90. The molecule has 0 aliphatic carbocycles. The molecule has 0 aromatic carbocycles. The van der Waals surface area contributed by atoms with E-state index in [1.807, 2.05) is 0 Å². The van der Waals surface area contributed by atoms with Gasteiger partial charge in [0.25, 0.3) is 11.8 Å². The zero-order chi connectivity index (χ0) is 8.43. The molecule has 1 aromatic heterocycles. The Morgan fingerprint density at radius 3 is 2.36 bits per heavy atom. The molecule has 0 amide bonds. The Hall–Kier alpha value is -1.72. The van der Waals surface area contributed by atoms with Gasteiger partial charge in [-0.05, 0) is 0 Å². The largest absolute Gasteiger partial charge is 0.489 e. The Morgan fingerprint density at radius 2 is 1.91 bits per heavy atom. The van der Waals surface area contributed by atoms with Crippen molar-refractivity contribution in [1.29, 1.82) is 0 Å². The van der Waals surface area contributed by atoms with Crippen LogP contribution in [-0.4, -0.2) is 31.2 Å². The topological polar surface area (TPSA) is 96.2 Å². The van der Waals surface area contributed by atoms with E-state index in [4.69, 9.17) is 10.2 Å². The van der Waals surface area contributed by atoms with Gasteiger partial charge >= 0.3 is 0 Å². The van der Waals surface area contributed by atoms with Crippen LogP contribution in [-0.2, 0) is 0 Å². The summed E-state index contributed by atoms with van der Waals surface area (Å²) in [6.45, 7) is 1.23. The second kappa shape index (κ2) is 2.49. The predicted octanol–water partition coefficient (Wildman–Crippen LogP) is -0.515. The molecule has 0 aliphatic heterocycles. The van der Waals surface area contributed by atoms with Gasteiger partial charge in [-0.2, -0.15) is 4.98 Å². The predicted molar refractivity (Wildman–Crippen MR) is 33.2 cm³/mol. The molecule has 0 aliphatic rings. The third-order valence-corrected chi connectivity index (χ3v) is 0.966. The molecule has 11 heavy (non-hydrogen) atoms. The minimum atomic E-state index is -0.690. The van der Waals surface area contributed by atoms with Crippen LogP contribution >= 0.6 is 0 Å². The molecule has 6 heteroatoms. The van der Waals surface area contributed by atoms with Crippen molar-refractivity contribution in [3.8, 4) is 11.8 Å². The molecule has 0 atom stereocenters. The third-order valence-electron chi connectivity index (χ3n) is 0.966. The lowest BCUT2D eigenvalue weighted by molar-refractivity contribution is 0.100. The first kappa shape index (κ1) is 7.39. The molecule has 2 N–H and O–H groups in total. The average molecular weight is 155 g/mol. The summed E-state index contributed by atoms with van der Waals surface area (Å²) in [5, 5.41) is 23.7. The number of nitrogens with zero attached hydrogens (tertiary/aromatic N) is 3. The number of aromatic hydroxyl groups is 2. The second-order valence-electron chi connectivity index (χ2n) is 1.84. The number of Topliss-reactive ketones (excluding diaryl/α,β-unsaturated/α-hetero) is 1. The van der Waals surface area contributed by atoms with Gasteiger partial charge in [0.2, 0.25) is 5.82 Å². The van der Waals surface area contributed by atoms with E-state index >= 15 is 0 Å². The standard InChI is InChI=1S/C5H5N3O3/c1-2(9)3-6-4(10)5(11)8-7-3/h1H3,(H,8,11)(H,6,7,10). The Kier molecular flexibility index (Phi) is 1.67. The molecule has 58 valence electrons. The summed E-state index contributed by atoms with van der Waals surface area (Å²) in [6.07, 6.45) is 0. The van der Waals surface area contributed by atoms with Crippen molar-refractivity contribution in [3.05, 3.63) is 5.82 Å². The fourth-order valence-corrected chi connectivity index (χ4v) is 0.461. The molecular weight excluding hydrogens is 150 g/mol. The van der Waals surface area contributed by atoms with Gasteiger partial charge in [0.1, 0.15) is 0 Å². The van der Waals surface area contributed by atoms with Gasteiger partial charge in [-0.25, -0.2) is 0 Å². The molecule has 1 heterocycles. The average Bonchev–Trinajstić information content (AvgIpc) is 1.94. The quantitative estimate of drug-likeness (QED) is 0.530. The first-order valence-electron chi connectivity index (χ1n) is 2.75. The summed E-state index contributed by atoms with van der Waals surface area (Å²) in [5.74, 6) is -2.02. The second-order valence-corrected chi connectivity index (χ2v) is 1.84. The van der Waals surface area contributed by atoms with Crippen molar-refractivity contribution in [1.82, 2.24) is 15.2 Å². The summed E-state index contributed by atoms with van der Waals surface area (Å²) in [6, 6.07) is 0. The number of carbonyl (C=O) groups is 1. The fourth-order valence-electron chi connectivity index (χ4n) is 0.461. The number of rotatable bonds is 1. The fraction of sp³-hybridized carbons (Fsp3) is 0.200. The maximum absolute atomic E-state index is 10.6. The molecule has 1 rings (SSSR count). The number of hydrogen-bond donors (Lipinski definition) is 2. The summed E-state index contributed by atoms with van der Waals surface area (Å²) >= 11 is 0. The zero-order valence-corrected chi connectivity index (χ0v) is 5.64. The van der Waals surface area contributed by atoms with Crippen molar-refractivity contribution in [2.75, 3.05) is 0 Å². The van der Waals surface area contributed by atoms with Crippen LogP contribution in [0.5, 0.6) is 11.8 Å². The Balaban J connectivity index is 3.15. The van der Waals surface area contributed by atoms with Gasteiger partial charge in [-0.1, -0.05) is 0 Å². The normalized spacial score (nSPS) is 9.55. The number of hydrogen-bond acceptors (Lipinski definition) is 6. The molecule has 0 radical (unpaired) electrons. The van der Waals surface area contributed by atoms with E-state index in [1.54, 1.807) is 0 Å². The maximum Gasteiger partial charge on any atom is 0.294 e. The molecule has 0 fully saturated rings. The molecular formula is C5H5N3O3. The summed E-state index contributed by atoms with van der Waals surface area (Å²) in [5.41, 5.74) is 0. The highest BCUT2D eigenvalue weighted by atomic mass is 16.3. The van der Waals surface area contributed by atoms with Crippen LogP contribution in [0.4, 0.5) is 0 Å². The zero-order valence-electron chi connectivity index (χ0n) is 5.64. The van der Waals surface area contributed by atoms with E-state index in [0.717, 1.165) is 0 Å². The van der Waals surface area contributed by atoms with E-state index in [2.05, 4.69) is 15.2 Å². The van der Waals surface area contributed by atoms with Gasteiger partial charge in [0, 0.05) is 6.92 Å². The van der Waals surface area contributed by atoms with E-state index in [1.165, 1.54) is 6.92 Å². The Morgan fingerprint density at radius 1 is 1.27 bits per heavy atom. The van der Waals surface area contributed by atoms with Gasteiger partial charge in [0.15, 0.2) is 5.78 Å². The van der Waals surface area contributed by atoms with Gasteiger partial charge < -0.3 is 10.2 Å². The monoisotopic (exact) mass is 155 g/mol. The SMILES string of the molecule is CC(=O)c1nnc(O)c(O)n1. The highest BCUT2D eigenvalue weighted by Gasteiger charge is 2.08. The molecule has 0 bridgehead atoms. The summed E-state index contributed by atoms with van der Waals surface area (Å²) in [4.78, 5) is 13.8. The van der Waals surface area contributed by atoms with Gasteiger partial charge in [-0.15, -0.1) is 10.2 Å². The number of carbonyl (C=O) groups excluding carboxylic acids is 1. The molecule has 0 unspecified atom stereocenters. The first-order valence-corrected chi connectivity index (χ1v) is 2.75. The van der Waals surface area contributed by atoms with Crippen molar-refractivity contribution < 1.29 is 15.0 Å². The minimum absolute atomic E-state index is 0.222. The summed E-state index contributed by atoms with van der Waals surface area (Å²) < 4.78 is 0. The van der Waals surface area contributed by atoms with Crippen molar-refractivity contribution in [3.63, 3.8) is 0 Å². The highest BCUT2D eigenvalue weighted by Crippen LogP contribution is 2.15. The van der Waals surface area contributed by atoms with E-state index in [9.17, 15) is 4.79 Å². The lowest BCUT2D eigenvalue weighted by atomic mass is 10.4. The Bertz CT molecular complexity index is 299. The van der Waals surface area contributed by atoms with Gasteiger partial charge in [-0.3, -0.25) is 4.79 Å². The van der Waals surface area contributed by atoms with Crippen LogP contribution in [0.15, 0.2) is 0 Å². The van der Waals surface area contributed by atoms with Crippen LogP contribution in [0.1, 0.15) is 17.5 Å². The van der Waals surface area contributed by atoms with Crippen LogP contribution in [0.25, 0.3) is 0 Å². The van der Waals surface area contributed by atoms with Crippen molar-refractivity contribution >= 4 is 5.78 Å². The maximum atomic E-state index is 10.6. The van der Waals surface area contributed by atoms with E-state index in [0.29, 0.717) is 0 Å².